The molecule has 0 aliphatic rings. The molecule has 2 rings (SSSR count). The van der Waals surface area contributed by atoms with E-state index < -0.39 is 29.1 Å². The highest BCUT2D eigenvalue weighted by Crippen LogP contribution is 2.20. The molecule has 0 heterocycles. The van der Waals surface area contributed by atoms with E-state index in [2.05, 4.69) is 5.32 Å². The lowest BCUT2D eigenvalue weighted by Gasteiger charge is -2.10. The van der Waals surface area contributed by atoms with Crippen LogP contribution in [0.2, 0.25) is 5.02 Å². The van der Waals surface area contributed by atoms with Crippen molar-refractivity contribution in [2.24, 2.45) is 0 Å². The maximum absolute atomic E-state index is 13.4. The number of nitrogens with one attached hydrogen (secondary N) is 2. The van der Waals surface area contributed by atoms with Gasteiger partial charge in [-0.1, -0.05) is 17.7 Å². The molecule has 4 nitrogen and oxygen atoms in total. The molecule has 0 saturated heterocycles. The van der Waals surface area contributed by atoms with Gasteiger partial charge in [-0.2, -0.15) is 0 Å². The van der Waals surface area contributed by atoms with Crippen LogP contribution in [0.15, 0.2) is 36.4 Å². The summed E-state index contributed by atoms with van der Waals surface area (Å²) in [5.74, 6) is -4.17. The Morgan fingerprint density at radius 3 is 2.18 bits per heavy atom. The van der Waals surface area contributed by atoms with Crippen LogP contribution < -0.4 is 10.6 Å². The van der Waals surface area contributed by atoms with E-state index >= 15 is 0 Å². The van der Waals surface area contributed by atoms with Gasteiger partial charge < -0.3 is 10.6 Å². The Hall–Kier alpha value is -2.47. The van der Waals surface area contributed by atoms with Crippen molar-refractivity contribution in [1.82, 2.24) is 0 Å². The minimum atomic E-state index is -1.18. The molecule has 22 heavy (non-hydrogen) atoms. The monoisotopic (exact) mass is 324 g/mol. The fraction of sp³-hybridized carbons (Fsp3) is 0.0667. The van der Waals surface area contributed by atoms with E-state index in [4.69, 9.17) is 11.6 Å². The zero-order valence-electron chi connectivity index (χ0n) is 11.4. The lowest BCUT2D eigenvalue weighted by atomic mass is 10.2. The summed E-state index contributed by atoms with van der Waals surface area (Å²) in [7, 11) is 0. The number of para-hydroxylation sites is 1. The lowest BCUT2D eigenvalue weighted by molar-refractivity contribution is -0.133. The molecule has 2 aromatic rings. The van der Waals surface area contributed by atoms with Gasteiger partial charge in [0.25, 0.3) is 0 Å². The summed E-state index contributed by atoms with van der Waals surface area (Å²) in [4.78, 5) is 23.5. The molecule has 0 radical (unpaired) electrons. The summed E-state index contributed by atoms with van der Waals surface area (Å²) < 4.78 is 26.8. The van der Waals surface area contributed by atoms with Gasteiger partial charge in [0, 0.05) is 10.7 Å². The molecule has 0 saturated carbocycles. The topological polar surface area (TPSA) is 58.2 Å². The first-order valence-electron chi connectivity index (χ1n) is 6.21. The maximum Gasteiger partial charge on any atom is 0.314 e. The molecule has 0 spiro atoms. The smallest absolute Gasteiger partial charge is 0.314 e. The third-order valence-corrected chi connectivity index (χ3v) is 3.08. The number of aryl methyl sites for hydroxylation is 1. The second kappa shape index (κ2) is 6.53. The fourth-order valence-corrected chi connectivity index (χ4v) is 1.96. The number of carbonyl (C=O) groups excluding carboxylic acids is 2. The van der Waals surface area contributed by atoms with E-state index in [0.717, 1.165) is 18.2 Å². The second-order valence-electron chi connectivity index (χ2n) is 4.46. The van der Waals surface area contributed by atoms with Crippen molar-refractivity contribution < 1.29 is 18.4 Å². The van der Waals surface area contributed by atoms with Gasteiger partial charge in [-0.05, 0) is 42.8 Å². The van der Waals surface area contributed by atoms with Crippen LogP contribution in [0.25, 0.3) is 0 Å². The summed E-state index contributed by atoms with van der Waals surface area (Å²) >= 11 is 5.78. The standard InChI is InChI=1S/C15H11ClF2N2O2/c1-8-7-9(16)5-6-12(8)19-14(21)15(22)20-13-10(17)3-2-4-11(13)18/h2-7H,1H3,(H,19,21)(H,20,22). The van der Waals surface area contributed by atoms with Crippen molar-refractivity contribution in [3.8, 4) is 0 Å². The molecule has 2 aromatic carbocycles. The Morgan fingerprint density at radius 2 is 1.59 bits per heavy atom. The van der Waals surface area contributed by atoms with E-state index in [-0.39, 0.29) is 0 Å². The van der Waals surface area contributed by atoms with E-state index in [9.17, 15) is 18.4 Å². The molecule has 0 aliphatic carbocycles. The molecule has 0 fully saturated rings. The summed E-state index contributed by atoms with van der Waals surface area (Å²) in [6.07, 6.45) is 0. The van der Waals surface area contributed by atoms with Crippen LogP contribution in [0.4, 0.5) is 20.2 Å². The van der Waals surface area contributed by atoms with Crippen molar-refractivity contribution in [2.45, 2.75) is 6.92 Å². The van der Waals surface area contributed by atoms with Gasteiger partial charge >= 0.3 is 11.8 Å². The average molecular weight is 325 g/mol. The van der Waals surface area contributed by atoms with Gasteiger partial charge in [-0.25, -0.2) is 8.78 Å². The van der Waals surface area contributed by atoms with Crippen LogP contribution in [0.3, 0.4) is 0 Å². The van der Waals surface area contributed by atoms with Crippen LogP contribution in [-0.2, 0) is 9.59 Å². The van der Waals surface area contributed by atoms with Crippen LogP contribution in [0, 0.1) is 18.6 Å². The number of rotatable bonds is 2. The highest BCUT2D eigenvalue weighted by atomic mass is 35.5. The SMILES string of the molecule is Cc1cc(Cl)ccc1NC(=O)C(=O)Nc1c(F)cccc1F. The number of halogens is 3. The van der Waals surface area contributed by atoms with Crippen molar-refractivity contribution in [3.63, 3.8) is 0 Å². The molecule has 0 unspecified atom stereocenters. The Balaban J connectivity index is 2.11. The quantitative estimate of drug-likeness (QED) is 0.831. The van der Waals surface area contributed by atoms with Crippen molar-refractivity contribution in [2.75, 3.05) is 10.6 Å². The molecule has 7 heteroatoms. The second-order valence-corrected chi connectivity index (χ2v) is 4.90. The fourth-order valence-electron chi connectivity index (χ4n) is 1.73. The zero-order valence-corrected chi connectivity index (χ0v) is 12.2. The first-order valence-corrected chi connectivity index (χ1v) is 6.59. The number of anilines is 2. The molecule has 0 bridgehead atoms. The molecule has 2 N–H and O–H groups in total. The number of amides is 2. The van der Waals surface area contributed by atoms with E-state index in [1.807, 2.05) is 5.32 Å². The summed E-state index contributed by atoms with van der Waals surface area (Å²) in [5.41, 5.74) is 0.347. The zero-order chi connectivity index (χ0) is 16.3. The van der Waals surface area contributed by atoms with Gasteiger partial charge in [-0.15, -0.1) is 0 Å². The largest absolute Gasteiger partial charge is 0.318 e. The van der Waals surface area contributed by atoms with Gasteiger partial charge in [0.2, 0.25) is 0 Å². The van der Waals surface area contributed by atoms with Gasteiger partial charge in [0.1, 0.15) is 17.3 Å². The molecule has 0 atom stereocenters. The highest BCUT2D eigenvalue weighted by molar-refractivity contribution is 6.43. The van der Waals surface area contributed by atoms with Crippen molar-refractivity contribution >= 4 is 34.8 Å². The number of hydrogen-bond acceptors (Lipinski definition) is 2. The third kappa shape index (κ3) is 3.59. The van der Waals surface area contributed by atoms with Gasteiger partial charge in [0.15, 0.2) is 0 Å². The first kappa shape index (κ1) is 15.9. The minimum Gasteiger partial charge on any atom is -0.318 e. The first-order chi connectivity index (χ1) is 10.4. The molecule has 2 amide bonds. The predicted octanol–water partition coefficient (Wildman–Crippen LogP) is 3.50. The number of benzene rings is 2. The van der Waals surface area contributed by atoms with Crippen molar-refractivity contribution in [3.05, 3.63) is 58.6 Å². The lowest BCUT2D eigenvalue weighted by Crippen LogP contribution is -2.30. The number of hydrogen-bond donors (Lipinski definition) is 2. The van der Waals surface area contributed by atoms with E-state index in [1.165, 1.54) is 6.07 Å². The normalized spacial score (nSPS) is 10.2. The Morgan fingerprint density at radius 1 is 1.00 bits per heavy atom. The van der Waals surface area contributed by atoms with Gasteiger partial charge in [-0.3, -0.25) is 9.59 Å². The summed E-state index contributed by atoms with van der Waals surface area (Å²) in [5, 5.41) is 4.72. The third-order valence-electron chi connectivity index (χ3n) is 2.84. The Labute approximate surface area is 130 Å². The summed E-state index contributed by atoms with van der Waals surface area (Å²) in [6, 6.07) is 7.76. The molecular weight excluding hydrogens is 314 g/mol. The Kier molecular flexibility index (Phi) is 4.72. The van der Waals surface area contributed by atoms with Crippen LogP contribution in [0.5, 0.6) is 0 Å². The van der Waals surface area contributed by atoms with Gasteiger partial charge in [0.05, 0.1) is 0 Å². The number of carbonyl (C=O) groups is 2. The molecule has 0 aromatic heterocycles. The predicted molar refractivity (Wildman–Crippen MR) is 79.8 cm³/mol. The van der Waals surface area contributed by atoms with Crippen molar-refractivity contribution in [1.29, 1.82) is 0 Å². The van der Waals surface area contributed by atoms with E-state index in [1.54, 1.807) is 19.1 Å². The average Bonchev–Trinajstić information content (AvgIpc) is 2.45. The molecule has 0 aliphatic heterocycles. The van der Waals surface area contributed by atoms with Crippen LogP contribution in [-0.4, -0.2) is 11.8 Å². The Bertz CT molecular complexity index is 730. The summed E-state index contributed by atoms with van der Waals surface area (Å²) in [6.45, 7) is 1.69. The highest BCUT2D eigenvalue weighted by Gasteiger charge is 2.18. The minimum absolute atomic E-state index is 0.374. The maximum atomic E-state index is 13.4. The molecular formula is C15H11ClF2N2O2. The van der Waals surface area contributed by atoms with E-state index in [0.29, 0.717) is 16.3 Å². The molecule has 114 valence electrons. The van der Waals surface area contributed by atoms with Crippen LogP contribution in [0.1, 0.15) is 5.56 Å². The van der Waals surface area contributed by atoms with Crippen LogP contribution >= 0.6 is 11.6 Å².